The van der Waals surface area contributed by atoms with Crippen molar-refractivity contribution < 1.29 is 0 Å². The SMILES string of the molecule is CCCCC1C=CC2C(N1)N2C#N. The summed E-state index contributed by atoms with van der Waals surface area (Å²) < 4.78 is 0. The summed E-state index contributed by atoms with van der Waals surface area (Å²) in [6.07, 6.45) is 10.5. The summed E-state index contributed by atoms with van der Waals surface area (Å²) in [5, 5.41) is 12.1. The van der Waals surface area contributed by atoms with E-state index in [1.54, 1.807) is 4.90 Å². The third-order valence-electron chi connectivity index (χ3n) is 2.76. The van der Waals surface area contributed by atoms with Crippen LogP contribution in [0.3, 0.4) is 0 Å². The zero-order valence-electron chi connectivity index (χ0n) is 7.90. The van der Waals surface area contributed by atoms with Crippen LogP contribution in [0, 0.1) is 11.5 Å². The fourth-order valence-electron chi connectivity index (χ4n) is 1.88. The summed E-state index contributed by atoms with van der Waals surface area (Å²) in [6, 6.07) is 0.836. The Labute approximate surface area is 79.0 Å². The second-order valence-corrected chi connectivity index (χ2v) is 3.74. The van der Waals surface area contributed by atoms with E-state index in [9.17, 15) is 0 Å². The van der Waals surface area contributed by atoms with Crippen LogP contribution in [0.4, 0.5) is 0 Å². The van der Waals surface area contributed by atoms with Crippen LogP contribution in [0.2, 0.25) is 0 Å². The molecule has 0 radical (unpaired) electrons. The molecular formula is C10H15N3. The van der Waals surface area contributed by atoms with E-state index in [0.717, 1.165) is 0 Å². The number of unbranched alkanes of at least 4 members (excludes halogenated alkanes) is 1. The molecule has 3 atom stereocenters. The molecule has 13 heavy (non-hydrogen) atoms. The highest BCUT2D eigenvalue weighted by molar-refractivity contribution is 5.23. The number of fused-ring (bicyclic) bond motifs is 1. The quantitative estimate of drug-likeness (QED) is 0.400. The molecule has 2 aliphatic heterocycles. The lowest BCUT2D eigenvalue weighted by atomic mass is 10.1. The molecule has 2 rings (SSSR count). The van der Waals surface area contributed by atoms with E-state index in [-0.39, 0.29) is 0 Å². The van der Waals surface area contributed by atoms with Crippen LogP contribution >= 0.6 is 0 Å². The third-order valence-corrected chi connectivity index (χ3v) is 2.76. The molecule has 0 aromatic rings. The van der Waals surface area contributed by atoms with Crippen LogP contribution in [-0.4, -0.2) is 23.1 Å². The Morgan fingerprint density at radius 2 is 2.38 bits per heavy atom. The zero-order chi connectivity index (χ0) is 9.26. The summed E-state index contributed by atoms with van der Waals surface area (Å²) in [5.41, 5.74) is 0. The normalized spacial score (nSPS) is 35.4. The van der Waals surface area contributed by atoms with Crippen LogP contribution in [0.25, 0.3) is 0 Å². The van der Waals surface area contributed by atoms with Crippen molar-refractivity contribution in [1.82, 2.24) is 10.2 Å². The van der Waals surface area contributed by atoms with Crippen molar-refractivity contribution in [3.05, 3.63) is 12.2 Å². The van der Waals surface area contributed by atoms with Gasteiger partial charge in [0, 0.05) is 6.04 Å². The summed E-state index contributed by atoms with van der Waals surface area (Å²) in [5.74, 6) is 0. The van der Waals surface area contributed by atoms with Crippen molar-refractivity contribution in [3.63, 3.8) is 0 Å². The van der Waals surface area contributed by atoms with E-state index in [1.165, 1.54) is 19.3 Å². The van der Waals surface area contributed by atoms with Crippen molar-refractivity contribution >= 4 is 0 Å². The van der Waals surface area contributed by atoms with Crippen LogP contribution in [0.15, 0.2) is 12.2 Å². The lowest BCUT2D eigenvalue weighted by molar-refractivity contribution is 0.486. The standard InChI is InChI=1S/C10H15N3/c1-2-3-4-8-5-6-9-10(12-8)13(9)7-11/h5-6,8-10,12H,2-4H2,1H3. The monoisotopic (exact) mass is 177 g/mol. The second kappa shape index (κ2) is 3.39. The van der Waals surface area contributed by atoms with Crippen molar-refractivity contribution in [2.75, 3.05) is 0 Å². The molecule has 2 aliphatic rings. The van der Waals surface area contributed by atoms with Crippen LogP contribution < -0.4 is 5.32 Å². The fraction of sp³-hybridized carbons (Fsp3) is 0.700. The number of hydrogen-bond acceptors (Lipinski definition) is 3. The van der Waals surface area contributed by atoms with E-state index < -0.39 is 0 Å². The summed E-state index contributed by atoms with van der Waals surface area (Å²) in [4.78, 5) is 1.79. The van der Waals surface area contributed by atoms with Gasteiger partial charge in [-0.2, -0.15) is 5.26 Å². The van der Waals surface area contributed by atoms with Gasteiger partial charge in [0.05, 0.1) is 6.04 Å². The second-order valence-electron chi connectivity index (χ2n) is 3.74. The molecule has 0 spiro atoms. The Bertz CT molecular complexity index is 253. The average Bonchev–Trinajstić information content (AvgIpc) is 2.87. The maximum atomic E-state index is 8.70. The third kappa shape index (κ3) is 1.54. The van der Waals surface area contributed by atoms with Gasteiger partial charge >= 0.3 is 0 Å². The molecule has 3 heteroatoms. The Morgan fingerprint density at radius 1 is 1.54 bits per heavy atom. The van der Waals surface area contributed by atoms with Gasteiger partial charge in [0.1, 0.15) is 6.17 Å². The number of hydrogen-bond donors (Lipinski definition) is 1. The Kier molecular flexibility index (Phi) is 2.24. The number of nitriles is 1. The number of nitrogens with zero attached hydrogens (tertiary/aromatic N) is 2. The smallest absolute Gasteiger partial charge is 0.181 e. The van der Waals surface area contributed by atoms with Gasteiger partial charge in [0.25, 0.3) is 0 Å². The van der Waals surface area contributed by atoms with Crippen molar-refractivity contribution in [3.8, 4) is 6.19 Å². The van der Waals surface area contributed by atoms with E-state index in [2.05, 4.69) is 30.6 Å². The highest BCUT2D eigenvalue weighted by Gasteiger charge is 2.48. The lowest BCUT2D eigenvalue weighted by Crippen LogP contribution is -2.34. The highest BCUT2D eigenvalue weighted by Crippen LogP contribution is 2.30. The maximum absolute atomic E-state index is 8.70. The van der Waals surface area contributed by atoms with Gasteiger partial charge < -0.3 is 0 Å². The van der Waals surface area contributed by atoms with Gasteiger partial charge in [-0.15, -0.1) is 0 Å². The first-order valence-electron chi connectivity index (χ1n) is 4.99. The molecule has 2 heterocycles. The maximum Gasteiger partial charge on any atom is 0.181 e. The lowest BCUT2D eigenvalue weighted by Gasteiger charge is -2.15. The minimum absolute atomic E-state index is 0.303. The average molecular weight is 177 g/mol. The summed E-state index contributed by atoms with van der Waals surface area (Å²) in [7, 11) is 0. The van der Waals surface area contributed by atoms with Crippen molar-refractivity contribution in [1.29, 1.82) is 5.26 Å². The first-order valence-corrected chi connectivity index (χ1v) is 4.99. The fourth-order valence-corrected chi connectivity index (χ4v) is 1.88. The summed E-state index contributed by atoms with van der Waals surface area (Å²) in [6.45, 7) is 2.20. The first kappa shape index (κ1) is 8.58. The number of rotatable bonds is 3. The molecule has 3 nitrogen and oxygen atoms in total. The van der Waals surface area contributed by atoms with E-state index in [4.69, 9.17) is 5.26 Å². The van der Waals surface area contributed by atoms with Crippen LogP contribution in [-0.2, 0) is 0 Å². The predicted octanol–water partition coefficient (Wildman–Crippen LogP) is 1.20. The molecule has 0 aromatic carbocycles. The zero-order valence-corrected chi connectivity index (χ0v) is 7.90. The van der Waals surface area contributed by atoms with Crippen molar-refractivity contribution in [2.45, 2.75) is 44.4 Å². The molecule has 1 saturated heterocycles. The first-order chi connectivity index (χ1) is 6.36. The van der Waals surface area contributed by atoms with Gasteiger partial charge in [-0.25, -0.2) is 0 Å². The molecule has 0 bridgehead atoms. The minimum Gasteiger partial charge on any atom is -0.288 e. The predicted molar refractivity (Wildman–Crippen MR) is 50.6 cm³/mol. The number of nitrogens with one attached hydrogen (secondary N) is 1. The van der Waals surface area contributed by atoms with Gasteiger partial charge in [-0.05, 0) is 6.42 Å². The molecule has 3 unspecified atom stereocenters. The van der Waals surface area contributed by atoms with Gasteiger partial charge in [0.2, 0.25) is 0 Å². The molecule has 0 aromatic heterocycles. The van der Waals surface area contributed by atoms with Gasteiger partial charge in [-0.3, -0.25) is 10.2 Å². The van der Waals surface area contributed by atoms with Gasteiger partial charge in [-0.1, -0.05) is 31.9 Å². The molecule has 0 aliphatic carbocycles. The molecule has 70 valence electrons. The Balaban J connectivity index is 1.84. The molecule has 1 N–H and O–H groups in total. The molecule has 1 fully saturated rings. The van der Waals surface area contributed by atoms with E-state index in [1.807, 2.05) is 0 Å². The topological polar surface area (TPSA) is 38.8 Å². The molecule has 0 amide bonds. The highest BCUT2D eigenvalue weighted by atomic mass is 15.4. The molecule has 0 saturated carbocycles. The Morgan fingerprint density at radius 3 is 3.08 bits per heavy atom. The molecular weight excluding hydrogens is 162 g/mol. The summed E-state index contributed by atoms with van der Waals surface area (Å²) >= 11 is 0. The van der Waals surface area contributed by atoms with Crippen molar-refractivity contribution in [2.24, 2.45) is 0 Å². The van der Waals surface area contributed by atoms with E-state index >= 15 is 0 Å². The van der Waals surface area contributed by atoms with Crippen LogP contribution in [0.5, 0.6) is 0 Å². The largest absolute Gasteiger partial charge is 0.288 e. The minimum atomic E-state index is 0.303. The van der Waals surface area contributed by atoms with Gasteiger partial charge in [0.15, 0.2) is 6.19 Å². The van der Waals surface area contributed by atoms with E-state index in [0.29, 0.717) is 18.2 Å². The van der Waals surface area contributed by atoms with Crippen LogP contribution in [0.1, 0.15) is 26.2 Å². The Hall–Kier alpha value is -1.01.